The number of hydrogen-bond acceptors (Lipinski definition) is 4. The summed E-state index contributed by atoms with van der Waals surface area (Å²) in [6.07, 6.45) is 1.13. The first-order valence-electron chi connectivity index (χ1n) is 8.61. The number of rotatable bonds is 7. The van der Waals surface area contributed by atoms with Crippen molar-refractivity contribution in [3.63, 3.8) is 0 Å². The van der Waals surface area contributed by atoms with E-state index in [2.05, 4.69) is 12.6 Å². The maximum absolute atomic E-state index is 13.0. The van der Waals surface area contributed by atoms with Crippen molar-refractivity contribution in [1.82, 2.24) is 9.80 Å². The van der Waals surface area contributed by atoms with Gasteiger partial charge >= 0.3 is 12.0 Å². The lowest BCUT2D eigenvalue weighted by Crippen LogP contribution is -2.40. The molecule has 1 fully saturated rings. The van der Waals surface area contributed by atoms with Gasteiger partial charge in [-0.3, -0.25) is 14.5 Å². The first kappa shape index (κ1) is 19.0. The second-order valence-electron chi connectivity index (χ2n) is 6.33. The Bertz CT molecular complexity index is 828. The number of thiol groups is 1. The molecule has 6 nitrogen and oxygen atoms in total. The van der Waals surface area contributed by atoms with Crippen LogP contribution in [-0.2, 0) is 16.0 Å². The fraction of sp³-hybridized carbons (Fsp3) is 0.250. The Morgan fingerprint density at radius 3 is 2.22 bits per heavy atom. The number of nitrogens with zero attached hydrogens (tertiary/aromatic N) is 2. The highest BCUT2D eigenvalue weighted by molar-refractivity contribution is 7.80. The van der Waals surface area contributed by atoms with E-state index in [0.717, 1.165) is 15.4 Å². The lowest BCUT2D eigenvalue weighted by atomic mass is 10.1. The van der Waals surface area contributed by atoms with Crippen LogP contribution in [0.5, 0.6) is 0 Å². The predicted octanol–water partition coefficient (Wildman–Crippen LogP) is 2.97. The van der Waals surface area contributed by atoms with Gasteiger partial charge in [-0.2, -0.15) is 12.6 Å². The first-order valence-corrected chi connectivity index (χ1v) is 9.13. The summed E-state index contributed by atoms with van der Waals surface area (Å²) in [5.41, 5.74) is 1.67. The number of hydrogen-bond donors (Lipinski definition) is 2. The quantitative estimate of drug-likeness (QED) is 0.568. The van der Waals surface area contributed by atoms with Crippen LogP contribution < -0.4 is 0 Å². The van der Waals surface area contributed by atoms with Gasteiger partial charge in [-0.25, -0.2) is 9.69 Å². The Hall–Kier alpha value is -2.80. The number of benzene rings is 2. The van der Waals surface area contributed by atoms with Crippen molar-refractivity contribution in [3.8, 4) is 0 Å². The molecule has 0 spiro atoms. The molecule has 2 aromatic carbocycles. The highest BCUT2D eigenvalue weighted by atomic mass is 32.1. The first-order chi connectivity index (χ1) is 13.0. The molecule has 1 aliphatic heterocycles. The molecule has 0 aliphatic carbocycles. The van der Waals surface area contributed by atoms with E-state index in [1.807, 2.05) is 30.3 Å². The van der Waals surface area contributed by atoms with E-state index in [4.69, 9.17) is 0 Å². The van der Waals surface area contributed by atoms with Gasteiger partial charge in [0.05, 0.1) is 5.37 Å². The molecule has 0 aromatic heterocycles. The van der Waals surface area contributed by atoms with Crippen LogP contribution in [-0.4, -0.2) is 44.7 Å². The largest absolute Gasteiger partial charge is 0.480 e. The summed E-state index contributed by atoms with van der Waals surface area (Å²) in [5.74, 6) is -1.61. The number of carboxylic acids is 1. The molecule has 1 N–H and O–H groups in total. The summed E-state index contributed by atoms with van der Waals surface area (Å²) >= 11 is 4.47. The van der Waals surface area contributed by atoms with Gasteiger partial charge in [-0.15, -0.1) is 0 Å². The van der Waals surface area contributed by atoms with E-state index in [1.54, 1.807) is 30.3 Å². The van der Waals surface area contributed by atoms with E-state index in [-0.39, 0.29) is 0 Å². The second-order valence-corrected chi connectivity index (χ2v) is 6.93. The van der Waals surface area contributed by atoms with Gasteiger partial charge in [-0.1, -0.05) is 60.7 Å². The van der Waals surface area contributed by atoms with E-state index in [0.29, 0.717) is 18.4 Å². The molecule has 1 aliphatic rings. The fourth-order valence-electron chi connectivity index (χ4n) is 3.21. The minimum absolute atomic E-state index is 0.444. The Balaban J connectivity index is 1.81. The Kier molecular flexibility index (Phi) is 5.81. The van der Waals surface area contributed by atoms with E-state index in [1.165, 1.54) is 0 Å². The van der Waals surface area contributed by atoms with E-state index >= 15 is 0 Å². The molecule has 3 rings (SSSR count). The average Bonchev–Trinajstić information content (AvgIpc) is 2.91. The lowest BCUT2D eigenvalue weighted by Gasteiger charge is -2.22. The summed E-state index contributed by atoms with van der Waals surface area (Å²) in [7, 11) is 0. The van der Waals surface area contributed by atoms with Crippen molar-refractivity contribution in [3.05, 3.63) is 71.8 Å². The molecule has 2 aromatic rings. The van der Waals surface area contributed by atoms with Crippen LogP contribution in [0.25, 0.3) is 0 Å². The van der Waals surface area contributed by atoms with Crippen molar-refractivity contribution < 1.29 is 19.5 Å². The molecule has 2 unspecified atom stereocenters. The molecule has 140 valence electrons. The molecule has 2 atom stereocenters. The van der Waals surface area contributed by atoms with Gasteiger partial charge in [0, 0.05) is 0 Å². The second kappa shape index (κ2) is 8.26. The van der Waals surface area contributed by atoms with Gasteiger partial charge < -0.3 is 5.11 Å². The minimum Gasteiger partial charge on any atom is -0.480 e. The highest BCUT2D eigenvalue weighted by Gasteiger charge is 2.48. The third-order valence-corrected chi connectivity index (χ3v) is 4.98. The topological polar surface area (TPSA) is 77.9 Å². The zero-order valence-corrected chi connectivity index (χ0v) is 15.5. The monoisotopic (exact) mass is 384 g/mol. The molecule has 27 heavy (non-hydrogen) atoms. The van der Waals surface area contributed by atoms with E-state index in [9.17, 15) is 19.5 Å². The molecule has 0 radical (unpaired) electrons. The number of carbonyl (C=O) groups is 3. The van der Waals surface area contributed by atoms with Crippen molar-refractivity contribution >= 4 is 30.5 Å². The zero-order chi connectivity index (χ0) is 19.4. The molecule has 7 heteroatoms. The van der Waals surface area contributed by atoms with Crippen LogP contribution >= 0.6 is 12.6 Å². The third kappa shape index (κ3) is 4.14. The number of carboxylic acid groups (broad SMARTS) is 1. The highest BCUT2D eigenvalue weighted by Crippen LogP contribution is 2.33. The van der Waals surface area contributed by atoms with Gasteiger partial charge in [0.2, 0.25) is 0 Å². The smallest absolute Gasteiger partial charge is 0.329 e. The molecular formula is C20H20N2O4S. The number of carbonyl (C=O) groups excluding carboxylic acids is 2. The van der Waals surface area contributed by atoms with Crippen LogP contribution in [0.4, 0.5) is 4.79 Å². The number of aliphatic carboxylic acids is 1. The van der Waals surface area contributed by atoms with Crippen molar-refractivity contribution in [2.24, 2.45) is 0 Å². The van der Waals surface area contributed by atoms with Gasteiger partial charge in [-0.05, 0) is 24.0 Å². The standard InChI is InChI=1S/C20H20N2O4S/c23-17(24)13-21-18(15-9-5-2-6-10-15)19(25)22(20(21)26)16(27)12-11-14-7-3-1-4-8-14/h1-10,16,18,27H,11-13H2,(H,23,24). The maximum Gasteiger partial charge on any atom is 0.329 e. The Morgan fingerprint density at radius 1 is 1.04 bits per heavy atom. The number of aryl methyl sites for hydroxylation is 1. The van der Waals surface area contributed by atoms with E-state index < -0.39 is 35.9 Å². The average molecular weight is 384 g/mol. The number of amides is 3. The SMILES string of the molecule is O=C(O)CN1C(=O)N(C(S)CCc2ccccc2)C(=O)C1c1ccccc1. The summed E-state index contributed by atoms with van der Waals surface area (Å²) in [5, 5.41) is 8.55. The normalized spacial score (nSPS) is 18.0. The zero-order valence-electron chi connectivity index (χ0n) is 14.6. The summed E-state index contributed by atoms with van der Waals surface area (Å²) in [4.78, 5) is 39.2. The van der Waals surface area contributed by atoms with Gasteiger partial charge in [0.25, 0.3) is 5.91 Å². The minimum atomic E-state index is -1.17. The molecule has 0 saturated carbocycles. The summed E-state index contributed by atoms with van der Waals surface area (Å²) < 4.78 is 0. The van der Waals surface area contributed by atoms with Crippen molar-refractivity contribution in [2.45, 2.75) is 24.3 Å². The van der Waals surface area contributed by atoms with Crippen molar-refractivity contribution in [1.29, 1.82) is 0 Å². The molecule has 1 heterocycles. The summed E-state index contributed by atoms with van der Waals surface area (Å²) in [6.45, 7) is -0.542. The van der Waals surface area contributed by atoms with Crippen LogP contribution in [0.15, 0.2) is 60.7 Å². The predicted molar refractivity (Wildman–Crippen MR) is 103 cm³/mol. The van der Waals surface area contributed by atoms with Crippen LogP contribution in [0.1, 0.15) is 23.6 Å². The van der Waals surface area contributed by atoms with Crippen LogP contribution in [0.3, 0.4) is 0 Å². The van der Waals surface area contributed by atoms with Crippen molar-refractivity contribution in [2.75, 3.05) is 6.54 Å². The fourth-order valence-corrected chi connectivity index (χ4v) is 3.56. The molecule has 3 amide bonds. The molecule has 1 saturated heterocycles. The van der Waals surface area contributed by atoms with Gasteiger partial charge in [0.1, 0.15) is 12.6 Å². The maximum atomic E-state index is 13.0. The third-order valence-electron chi connectivity index (χ3n) is 4.49. The van der Waals surface area contributed by atoms with Crippen LogP contribution in [0, 0.1) is 0 Å². The lowest BCUT2D eigenvalue weighted by molar-refractivity contribution is -0.138. The molecule has 0 bridgehead atoms. The van der Waals surface area contributed by atoms with Crippen LogP contribution in [0.2, 0.25) is 0 Å². The number of imide groups is 1. The Labute approximate surface area is 162 Å². The van der Waals surface area contributed by atoms with Gasteiger partial charge in [0.15, 0.2) is 0 Å². The molecular weight excluding hydrogens is 364 g/mol. The number of urea groups is 1. The summed E-state index contributed by atoms with van der Waals surface area (Å²) in [6, 6.07) is 16.9. The Morgan fingerprint density at radius 2 is 1.63 bits per heavy atom.